The summed E-state index contributed by atoms with van der Waals surface area (Å²) in [5.74, 6) is 1.66. The zero-order chi connectivity index (χ0) is 24.1. The number of hydrogen-bond acceptors (Lipinski definition) is 5. The summed E-state index contributed by atoms with van der Waals surface area (Å²) in [6.45, 7) is 0.808. The van der Waals surface area contributed by atoms with E-state index in [0.717, 1.165) is 52.2 Å². The van der Waals surface area contributed by atoms with Gasteiger partial charge in [0.25, 0.3) is 0 Å². The maximum absolute atomic E-state index is 6.33. The smallest absolute Gasteiger partial charge is 0.151 e. The lowest BCUT2D eigenvalue weighted by Crippen LogP contribution is -2.24. The van der Waals surface area contributed by atoms with E-state index in [1.807, 2.05) is 42.6 Å². The van der Waals surface area contributed by atoms with E-state index in [2.05, 4.69) is 99.5 Å². The third kappa shape index (κ3) is 3.28. The summed E-state index contributed by atoms with van der Waals surface area (Å²) in [5.41, 5.74) is 8.68. The molecule has 5 nitrogen and oxygen atoms in total. The number of aromatic nitrogens is 1. The van der Waals surface area contributed by atoms with E-state index in [4.69, 9.17) is 4.74 Å². The fourth-order valence-electron chi connectivity index (χ4n) is 5.13. The molecule has 0 spiro atoms. The predicted octanol–water partition coefficient (Wildman–Crippen LogP) is 7.87. The highest BCUT2D eigenvalue weighted by molar-refractivity contribution is 5.90. The van der Waals surface area contributed by atoms with Gasteiger partial charge in [0.05, 0.1) is 35.1 Å². The first-order chi connectivity index (χ1) is 17.8. The highest BCUT2D eigenvalue weighted by Crippen LogP contribution is 2.52. The average molecular weight is 469 g/mol. The van der Waals surface area contributed by atoms with Gasteiger partial charge in [-0.05, 0) is 72.8 Å². The second-order valence-electron chi connectivity index (χ2n) is 9.08. The molecule has 3 heterocycles. The molecule has 2 aliphatic rings. The van der Waals surface area contributed by atoms with E-state index in [1.54, 1.807) is 0 Å². The molecule has 0 saturated carbocycles. The van der Waals surface area contributed by atoms with Crippen molar-refractivity contribution in [2.45, 2.75) is 0 Å². The molecule has 0 N–H and O–H groups in total. The highest BCUT2D eigenvalue weighted by atomic mass is 16.5. The lowest BCUT2D eigenvalue weighted by atomic mass is 10.1. The van der Waals surface area contributed by atoms with Gasteiger partial charge in [0.2, 0.25) is 0 Å². The number of rotatable bonds is 3. The Hall–Kier alpha value is -4.77. The molecule has 7 rings (SSSR count). The van der Waals surface area contributed by atoms with Crippen LogP contribution in [0.4, 0.5) is 34.1 Å². The van der Waals surface area contributed by atoms with Crippen molar-refractivity contribution in [3.63, 3.8) is 0 Å². The lowest BCUT2D eigenvalue weighted by Gasteiger charge is -2.33. The molecule has 174 valence electrons. The summed E-state index contributed by atoms with van der Waals surface area (Å²) in [7, 11) is 2.14. The van der Waals surface area contributed by atoms with Crippen LogP contribution < -0.4 is 19.4 Å². The van der Waals surface area contributed by atoms with Gasteiger partial charge >= 0.3 is 0 Å². The van der Waals surface area contributed by atoms with Crippen molar-refractivity contribution in [2.24, 2.45) is 0 Å². The van der Waals surface area contributed by atoms with Gasteiger partial charge in [-0.1, -0.05) is 36.4 Å². The Morgan fingerprint density at radius 2 is 1.39 bits per heavy atom. The summed E-state index contributed by atoms with van der Waals surface area (Å²) in [6, 6.07) is 37.7. The number of fused-ring (bicyclic) bond motifs is 3. The van der Waals surface area contributed by atoms with Crippen molar-refractivity contribution in [1.29, 1.82) is 0 Å². The number of pyridine rings is 1. The largest absolute Gasteiger partial charge is 0.453 e. The van der Waals surface area contributed by atoms with Crippen molar-refractivity contribution in [1.82, 2.24) is 4.98 Å². The van der Waals surface area contributed by atoms with Gasteiger partial charge in [0, 0.05) is 30.2 Å². The fraction of sp³-hybridized carbons (Fsp3) is 0.0645. The number of nitrogens with zero attached hydrogens (tertiary/aromatic N) is 4. The van der Waals surface area contributed by atoms with Crippen molar-refractivity contribution in [2.75, 3.05) is 28.4 Å². The van der Waals surface area contributed by atoms with Crippen LogP contribution in [0, 0.1) is 0 Å². The van der Waals surface area contributed by atoms with Crippen LogP contribution in [-0.2, 0) is 0 Å². The Morgan fingerprint density at radius 3 is 2.25 bits per heavy atom. The first-order valence-corrected chi connectivity index (χ1v) is 12.1. The second kappa shape index (κ2) is 8.17. The lowest BCUT2D eigenvalue weighted by molar-refractivity contribution is 0.477. The second-order valence-corrected chi connectivity index (χ2v) is 9.08. The Bertz CT molecular complexity index is 1580. The van der Waals surface area contributed by atoms with E-state index in [9.17, 15) is 0 Å². The molecule has 0 amide bonds. The molecular formula is C31H24N4O. The van der Waals surface area contributed by atoms with Crippen LogP contribution in [0.1, 0.15) is 0 Å². The van der Waals surface area contributed by atoms with E-state index in [1.165, 1.54) is 11.4 Å². The van der Waals surface area contributed by atoms with E-state index in [0.29, 0.717) is 0 Å². The molecule has 0 aliphatic carbocycles. The van der Waals surface area contributed by atoms with Gasteiger partial charge in [-0.15, -0.1) is 0 Å². The summed E-state index contributed by atoms with van der Waals surface area (Å²) in [6.07, 6.45) is 1.83. The maximum Gasteiger partial charge on any atom is 0.151 e. The number of para-hydroxylation sites is 4. The molecule has 0 fully saturated rings. The van der Waals surface area contributed by atoms with E-state index < -0.39 is 0 Å². The molecular weight excluding hydrogens is 444 g/mol. The predicted molar refractivity (Wildman–Crippen MR) is 146 cm³/mol. The number of ether oxygens (including phenoxy) is 1. The Labute approximate surface area is 210 Å². The molecule has 5 aromatic rings. The van der Waals surface area contributed by atoms with Gasteiger partial charge in [0.15, 0.2) is 11.5 Å². The molecule has 0 radical (unpaired) electrons. The number of anilines is 6. The molecule has 36 heavy (non-hydrogen) atoms. The first-order valence-electron chi connectivity index (χ1n) is 12.1. The third-order valence-electron chi connectivity index (χ3n) is 6.82. The van der Waals surface area contributed by atoms with Crippen molar-refractivity contribution >= 4 is 34.1 Å². The quantitative estimate of drug-likeness (QED) is 0.264. The maximum atomic E-state index is 6.33. The van der Waals surface area contributed by atoms with Gasteiger partial charge in [0.1, 0.15) is 0 Å². The monoisotopic (exact) mass is 468 g/mol. The zero-order valence-corrected chi connectivity index (χ0v) is 19.9. The average Bonchev–Trinajstić information content (AvgIpc) is 3.28. The van der Waals surface area contributed by atoms with Crippen LogP contribution in [0.2, 0.25) is 0 Å². The highest BCUT2D eigenvalue weighted by Gasteiger charge is 2.28. The van der Waals surface area contributed by atoms with E-state index in [-0.39, 0.29) is 0 Å². The van der Waals surface area contributed by atoms with Crippen LogP contribution in [0.25, 0.3) is 11.3 Å². The third-order valence-corrected chi connectivity index (χ3v) is 6.82. The van der Waals surface area contributed by atoms with Crippen molar-refractivity contribution < 1.29 is 4.74 Å². The Kier molecular flexibility index (Phi) is 4.67. The molecule has 0 atom stereocenters. The first kappa shape index (κ1) is 20.6. The van der Waals surface area contributed by atoms with Crippen molar-refractivity contribution in [3.8, 4) is 22.8 Å². The van der Waals surface area contributed by atoms with Crippen LogP contribution >= 0.6 is 0 Å². The SMILES string of the molecule is CN1CN(c2cccc(N3c4ccccc4Oc4ccc(-c5ccccn5)cc43)c2)c2ccccc21. The van der Waals surface area contributed by atoms with Crippen LogP contribution in [0.15, 0.2) is 115 Å². The minimum Gasteiger partial charge on any atom is -0.453 e. The molecule has 2 aliphatic heterocycles. The van der Waals surface area contributed by atoms with Crippen molar-refractivity contribution in [3.05, 3.63) is 115 Å². The van der Waals surface area contributed by atoms with E-state index >= 15 is 0 Å². The summed E-state index contributed by atoms with van der Waals surface area (Å²) >= 11 is 0. The standard InChI is InChI=1S/C31H24N4O/c1-33-21-34(27-13-3-2-12-26(27)33)23-9-8-10-24(20-23)35-28-14-4-5-15-30(28)36-31-17-16-22(19-29(31)35)25-11-6-7-18-32-25/h2-20H,21H2,1H3. The minimum absolute atomic E-state index is 0.808. The Morgan fingerprint density at radius 1 is 0.639 bits per heavy atom. The zero-order valence-electron chi connectivity index (χ0n) is 19.9. The summed E-state index contributed by atoms with van der Waals surface area (Å²) in [4.78, 5) is 11.5. The Balaban J connectivity index is 1.37. The molecule has 5 heteroatoms. The van der Waals surface area contributed by atoms with Crippen LogP contribution in [-0.4, -0.2) is 18.7 Å². The van der Waals surface area contributed by atoms with Crippen LogP contribution in [0.5, 0.6) is 11.5 Å². The van der Waals surface area contributed by atoms with Gasteiger partial charge in [-0.25, -0.2) is 0 Å². The topological polar surface area (TPSA) is 31.8 Å². The molecule has 4 aromatic carbocycles. The minimum atomic E-state index is 0.808. The molecule has 0 saturated heterocycles. The van der Waals surface area contributed by atoms with Gasteiger partial charge in [-0.3, -0.25) is 4.98 Å². The fourth-order valence-corrected chi connectivity index (χ4v) is 5.13. The van der Waals surface area contributed by atoms with Gasteiger partial charge in [-0.2, -0.15) is 0 Å². The summed E-state index contributed by atoms with van der Waals surface area (Å²) in [5, 5.41) is 0. The normalized spacial score (nSPS) is 13.6. The number of hydrogen-bond donors (Lipinski definition) is 0. The number of benzene rings is 4. The summed E-state index contributed by atoms with van der Waals surface area (Å²) < 4.78 is 6.33. The molecule has 1 aromatic heterocycles. The van der Waals surface area contributed by atoms with Gasteiger partial charge < -0.3 is 19.4 Å². The molecule has 0 unspecified atom stereocenters. The van der Waals surface area contributed by atoms with Crippen LogP contribution in [0.3, 0.4) is 0 Å². The molecule has 0 bridgehead atoms.